The van der Waals surface area contributed by atoms with Crippen LogP contribution in [0.5, 0.6) is 0 Å². The molecule has 0 saturated carbocycles. The van der Waals surface area contributed by atoms with Crippen molar-refractivity contribution in [2.75, 3.05) is 4.72 Å². The van der Waals surface area contributed by atoms with Crippen LogP contribution >= 0.6 is 11.3 Å². The maximum absolute atomic E-state index is 12.8. The number of sulfonamides is 1. The second-order valence-electron chi connectivity index (χ2n) is 4.20. The lowest BCUT2D eigenvalue weighted by Crippen LogP contribution is -2.14. The van der Waals surface area contributed by atoms with Crippen LogP contribution in [0.2, 0.25) is 0 Å². The Hall–Kier alpha value is -2.17. The number of nitrogens with one attached hydrogen (secondary N) is 1. The normalized spacial score (nSPS) is 12.0. The fraction of sp³-hybridized carbons (Fsp3) is 0.0714. The number of anilines is 1. The van der Waals surface area contributed by atoms with Gasteiger partial charge in [0.1, 0.15) is 11.9 Å². The number of nitrogens with zero attached hydrogens (tertiary/aromatic N) is 1. The number of halogens is 1. The number of benzene rings is 1. The number of allylic oxidation sites excluding steroid dienone is 1. The predicted octanol–water partition coefficient (Wildman–Crippen LogP) is 3.50. The van der Waals surface area contributed by atoms with Gasteiger partial charge in [0, 0.05) is 10.6 Å². The summed E-state index contributed by atoms with van der Waals surface area (Å²) in [5.41, 5.74) is 1.09. The quantitative estimate of drug-likeness (QED) is 0.876. The highest BCUT2D eigenvalue weighted by atomic mass is 32.2. The molecule has 2 aromatic rings. The molecule has 0 aliphatic rings. The zero-order valence-electron chi connectivity index (χ0n) is 11.0. The van der Waals surface area contributed by atoms with Crippen molar-refractivity contribution in [3.05, 3.63) is 56.9 Å². The van der Waals surface area contributed by atoms with Crippen LogP contribution in [0.15, 0.2) is 40.6 Å². The second-order valence-corrected chi connectivity index (χ2v) is 6.80. The van der Waals surface area contributed by atoms with E-state index in [1.54, 1.807) is 6.07 Å². The van der Waals surface area contributed by atoms with Gasteiger partial charge in [0.25, 0.3) is 10.0 Å². The van der Waals surface area contributed by atoms with Gasteiger partial charge in [-0.1, -0.05) is 0 Å². The second kappa shape index (κ2) is 6.08. The van der Waals surface area contributed by atoms with Gasteiger partial charge in [-0.05, 0) is 54.3 Å². The van der Waals surface area contributed by atoms with Gasteiger partial charge in [-0.2, -0.15) is 5.26 Å². The van der Waals surface area contributed by atoms with Crippen molar-refractivity contribution < 1.29 is 12.8 Å². The molecule has 21 heavy (non-hydrogen) atoms. The van der Waals surface area contributed by atoms with E-state index in [4.69, 9.17) is 5.26 Å². The van der Waals surface area contributed by atoms with E-state index in [9.17, 15) is 12.8 Å². The monoisotopic (exact) mass is 322 g/mol. The number of thiophene rings is 1. The molecule has 2 rings (SSSR count). The molecule has 4 nitrogen and oxygen atoms in total. The molecule has 0 unspecified atom stereocenters. The van der Waals surface area contributed by atoms with Crippen molar-refractivity contribution in [3.63, 3.8) is 0 Å². The van der Waals surface area contributed by atoms with Crippen LogP contribution in [-0.4, -0.2) is 8.42 Å². The standard InChI is InChI=1S/C14H11FN2O2S2/c1-10-6-7-20-14(10)8-13(9-16)21(18,19)17-12-4-2-11(15)3-5-12/h2-8,17H,1H3. The first kappa shape index (κ1) is 15.2. The summed E-state index contributed by atoms with van der Waals surface area (Å²) in [4.78, 5) is 0.313. The van der Waals surface area contributed by atoms with E-state index in [-0.39, 0.29) is 5.69 Å². The molecule has 0 aliphatic heterocycles. The van der Waals surface area contributed by atoms with Gasteiger partial charge >= 0.3 is 0 Å². The summed E-state index contributed by atoms with van der Waals surface area (Å²) in [5, 5.41) is 10.9. The summed E-state index contributed by atoms with van der Waals surface area (Å²) in [6, 6.07) is 8.37. The highest BCUT2D eigenvalue weighted by molar-refractivity contribution is 7.97. The molecule has 0 spiro atoms. The number of aryl methyl sites for hydroxylation is 1. The van der Waals surface area contributed by atoms with Gasteiger partial charge in [0.2, 0.25) is 0 Å². The van der Waals surface area contributed by atoms with Crippen molar-refractivity contribution >= 4 is 33.1 Å². The molecule has 1 aromatic carbocycles. The average Bonchev–Trinajstić information content (AvgIpc) is 2.83. The smallest absolute Gasteiger partial charge is 0.272 e. The SMILES string of the molecule is Cc1ccsc1C=C(C#N)S(=O)(=O)Nc1ccc(F)cc1. The third-order valence-corrected chi connectivity index (χ3v) is 4.92. The molecule has 0 radical (unpaired) electrons. The summed E-state index contributed by atoms with van der Waals surface area (Å²) >= 11 is 1.35. The predicted molar refractivity (Wildman–Crippen MR) is 81.6 cm³/mol. The largest absolute Gasteiger partial charge is 0.279 e. The molecule has 0 fully saturated rings. The number of hydrogen-bond donors (Lipinski definition) is 1. The van der Waals surface area contributed by atoms with E-state index in [1.807, 2.05) is 18.4 Å². The van der Waals surface area contributed by atoms with Crippen LogP contribution in [0.3, 0.4) is 0 Å². The van der Waals surface area contributed by atoms with Crippen LogP contribution in [0, 0.1) is 24.1 Å². The molecule has 0 bridgehead atoms. The Kier molecular flexibility index (Phi) is 4.40. The Morgan fingerprint density at radius 2 is 2.00 bits per heavy atom. The van der Waals surface area contributed by atoms with E-state index in [0.717, 1.165) is 17.7 Å². The zero-order valence-corrected chi connectivity index (χ0v) is 12.6. The Balaban J connectivity index is 2.33. The van der Waals surface area contributed by atoms with Crippen LogP contribution in [0.25, 0.3) is 6.08 Å². The van der Waals surface area contributed by atoms with Gasteiger partial charge in [0.05, 0.1) is 0 Å². The average molecular weight is 322 g/mol. The summed E-state index contributed by atoms with van der Waals surface area (Å²) in [7, 11) is -4.00. The van der Waals surface area contributed by atoms with E-state index in [1.165, 1.54) is 29.5 Å². The van der Waals surface area contributed by atoms with E-state index in [2.05, 4.69) is 4.72 Å². The van der Waals surface area contributed by atoms with Crippen molar-refractivity contribution in [3.8, 4) is 6.07 Å². The molecule has 0 saturated heterocycles. The first-order valence-electron chi connectivity index (χ1n) is 5.86. The minimum Gasteiger partial charge on any atom is -0.279 e. The maximum Gasteiger partial charge on any atom is 0.272 e. The first-order valence-corrected chi connectivity index (χ1v) is 8.23. The van der Waals surface area contributed by atoms with Crippen molar-refractivity contribution in [1.82, 2.24) is 0 Å². The van der Waals surface area contributed by atoms with Crippen molar-refractivity contribution in [2.24, 2.45) is 0 Å². The molecule has 0 atom stereocenters. The van der Waals surface area contributed by atoms with E-state index < -0.39 is 20.7 Å². The van der Waals surface area contributed by atoms with Crippen molar-refractivity contribution in [2.45, 2.75) is 6.92 Å². The van der Waals surface area contributed by atoms with E-state index >= 15 is 0 Å². The Morgan fingerprint density at radius 3 is 2.52 bits per heavy atom. The highest BCUT2D eigenvalue weighted by Gasteiger charge is 2.18. The lowest BCUT2D eigenvalue weighted by atomic mass is 10.3. The van der Waals surface area contributed by atoms with Gasteiger partial charge in [-0.25, -0.2) is 12.8 Å². The Morgan fingerprint density at radius 1 is 1.33 bits per heavy atom. The minimum absolute atomic E-state index is 0.195. The summed E-state index contributed by atoms with van der Waals surface area (Å²) in [6.07, 6.45) is 1.33. The van der Waals surface area contributed by atoms with E-state index in [0.29, 0.717) is 4.88 Å². The number of hydrogen-bond acceptors (Lipinski definition) is 4. The van der Waals surface area contributed by atoms with Crippen LogP contribution < -0.4 is 4.72 Å². The Bertz CT molecular complexity index is 815. The van der Waals surface area contributed by atoms with Crippen LogP contribution in [0.4, 0.5) is 10.1 Å². The summed E-state index contributed by atoms with van der Waals surface area (Å²) in [5.74, 6) is -0.469. The van der Waals surface area contributed by atoms with Crippen molar-refractivity contribution in [1.29, 1.82) is 5.26 Å². The molecule has 0 amide bonds. The molecule has 0 aliphatic carbocycles. The molecule has 108 valence electrons. The fourth-order valence-electron chi connectivity index (χ4n) is 1.55. The van der Waals surface area contributed by atoms with Gasteiger partial charge in [-0.3, -0.25) is 4.72 Å². The van der Waals surface area contributed by atoms with Gasteiger partial charge in [0.15, 0.2) is 4.91 Å². The zero-order chi connectivity index (χ0) is 15.5. The van der Waals surface area contributed by atoms with Gasteiger partial charge in [-0.15, -0.1) is 11.3 Å². The Labute approximate surface area is 126 Å². The fourth-order valence-corrected chi connectivity index (χ4v) is 3.43. The highest BCUT2D eigenvalue weighted by Crippen LogP contribution is 2.22. The topological polar surface area (TPSA) is 70.0 Å². The lowest BCUT2D eigenvalue weighted by molar-refractivity contribution is 0.608. The third kappa shape index (κ3) is 3.68. The lowest BCUT2D eigenvalue weighted by Gasteiger charge is -2.06. The van der Waals surface area contributed by atoms with Crippen LogP contribution in [0.1, 0.15) is 10.4 Å². The number of nitriles is 1. The maximum atomic E-state index is 12.8. The summed E-state index contributed by atoms with van der Waals surface area (Å²) in [6.45, 7) is 1.83. The van der Waals surface area contributed by atoms with Gasteiger partial charge < -0.3 is 0 Å². The number of rotatable bonds is 4. The van der Waals surface area contributed by atoms with Crippen LogP contribution in [-0.2, 0) is 10.0 Å². The molecule has 1 aromatic heterocycles. The first-order chi connectivity index (χ1) is 9.92. The molecule has 7 heteroatoms. The molecule has 1 heterocycles. The third-order valence-electron chi connectivity index (χ3n) is 2.66. The molecular formula is C14H11FN2O2S2. The molecule has 1 N–H and O–H groups in total. The minimum atomic E-state index is -4.00. The summed E-state index contributed by atoms with van der Waals surface area (Å²) < 4.78 is 39.4. The molecular weight excluding hydrogens is 311 g/mol.